The average Bonchev–Trinajstić information content (AvgIpc) is 2.94. The van der Waals surface area contributed by atoms with E-state index in [1.807, 2.05) is 66.7 Å². The van der Waals surface area contributed by atoms with E-state index in [0.29, 0.717) is 17.7 Å². The molecule has 0 saturated heterocycles. The van der Waals surface area contributed by atoms with Gasteiger partial charge in [0.1, 0.15) is 0 Å². The molecule has 1 unspecified atom stereocenters. The summed E-state index contributed by atoms with van der Waals surface area (Å²) < 4.78 is 12.4. The van der Waals surface area contributed by atoms with Gasteiger partial charge in [-0.1, -0.05) is 54.6 Å². The van der Waals surface area contributed by atoms with E-state index in [9.17, 15) is 9.00 Å². The van der Waals surface area contributed by atoms with Gasteiger partial charge in [-0.25, -0.2) is 5.43 Å². The van der Waals surface area contributed by atoms with Crippen LogP contribution in [0.3, 0.4) is 0 Å². The van der Waals surface area contributed by atoms with Gasteiger partial charge in [-0.05, 0) is 24.1 Å². The molecule has 2 aromatic rings. The second kappa shape index (κ2) is 7.15. The molecule has 116 valence electrons. The quantitative estimate of drug-likeness (QED) is 0.859. The lowest BCUT2D eigenvalue weighted by Crippen LogP contribution is -2.16. The summed E-state index contributed by atoms with van der Waals surface area (Å²) in [6.45, 7) is 0. The number of hydrogen-bond acceptors (Lipinski definition) is 3. The van der Waals surface area contributed by atoms with Gasteiger partial charge in [0.2, 0.25) is 0 Å². The van der Waals surface area contributed by atoms with E-state index >= 15 is 0 Å². The van der Waals surface area contributed by atoms with Gasteiger partial charge in [-0.15, -0.1) is 0 Å². The summed E-state index contributed by atoms with van der Waals surface area (Å²) in [6, 6.07) is 19.1. The van der Waals surface area contributed by atoms with Crippen LogP contribution in [-0.4, -0.2) is 21.6 Å². The smallest absolute Gasteiger partial charge is 0.267 e. The Labute approximate surface area is 137 Å². The molecule has 0 saturated carbocycles. The van der Waals surface area contributed by atoms with E-state index in [-0.39, 0.29) is 11.7 Å². The zero-order valence-corrected chi connectivity index (χ0v) is 13.3. The van der Waals surface area contributed by atoms with Crippen molar-refractivity contribution >= 4 is 22.4 Å². The molecule has 1 atom stereocenters. The normalized spacial score (nSPS) is 17.0. The summed E-state index contributed by atoms with van der Waals surface area (Å²) in [5.74, 6) is -0.00962. The van der Waals surface area contributed by atoms with Crippen LogP contribution in [-0.2, 0) is 22.0 Å². The van der Waals surface area contributed by atoms with Gasteiger partial charge in [0.05, 0.1) is 27.8 Å². The van der Waals surface area contributed by atoms with Crippen LogP contribution in [0.25, 0.3) is 0 Å². The first-order chi connectivity index (χ1) is 11.2. The van der Waals surface area contributed by atoms with Gasteiger partial charge in [0.25, 0.3) is 5.91 Å². The molecule has 2 aromatic carbocycles. The minimum Gasteiger partial charge on any atom is -0.267 e. The fraction of sp³-hybridized carbons (Fsp3) is 0.111. The minimum atomic E-state index is -1.22. The molecule has 4 nitrogen and oxygen atoms in total. The van der Waals surface area contributed by atoms with Crippen LogP contribution in [0.2, 0.25) is 0 Å². The molecule has 23 heavy (non-hydrogen) atoms. The van der Waals surface area contributed by atoms with E-state index < -0.39 is 10.8 Å². The van der Waals surface area contributed by atoms with Crippen molar-refractivity contribution in [2.75, 3.05) is 5.75 Å². The number of nitrogens with zero attached hydrogens (tertiary/aromatic N) is 1. The summed E-state index contributed by atoms with van der Waals surface area (Å²) in [5.41, 5.74) is 4.63. The molecule has 1 aliphatic heterocycles. The predicted molar refractivity (Wildman–Crippen MR) is 91.5 cm³/mol. The molecule has 1 amide bonds. The highest BCUT2D eigenvalue weighted by molar-refractivity contribution is 7.85. The maximum atomic E-state index is 12.4. The monoisotopic (exact) mass is 324 g/mol. The Morgan fingerprint density at radius 1 is 1.00 bits per heavy atom. The highest BCUT2D eigenvalue weighted by Crippen LogP contribution is 2.13. The molecule has 5 heteroatoms. The Morgan fingerprint density at radius 2 is 1.65 bits per heavy atom. The molecular formula is C18H16N2O2S. The van der Waals surface area contributed by atoms with Crippen LogP contribution in [0, 0.1) is 0 Å². The van der Waals surface area contributed by atoms with Crippen LogP contribution >= 0.6 is 0 Å². The molecule has 3 rings (SSSR count). The number of amides is 1. The van der Waals surface area contributed by atoms with Crippen molar-refractivity contribution in [1.82, 2.24) is 5.43 Å². The second-order valence-electron chi connectivity index (χ2n) is 5.11. The van der Waals surface area contributed by atoms with Gasteiger partial charge in [-0.2, -0.15) is 5.10 Å². The largest absolute Gasteiger partial charge is 0.273 e. The highest BCUT2D eigenvalue weighted by Gasteiger charge is 2.24. The van der Waals surface area contributed by atoms with Crippen molar-refractivity contribution in [2.45, 2.75) is 11.3 Å². The SMILES string of the molecule is O=C1NN=C(CS(=O)c2ccccc2)/C1=C\Cc1ccccc1. The number of benzene rings is 2. The number of hydrazone groups is 1. The molecule has 1 aliphatic rings. The molecule has 0 aromatic heterocycles. The van der Waals surface area contributed by atoms with E-state index in [4.69, 9.17) is 0 Å². The Hall–Kier alpha value is -2.53. The first-order valence-electron chi connectivity index (χ1n) is 7.29. The van der Waals surface area contributed by atoms with E-state index in [1.54, 1.807) is 0 Å². The second-order valence-corrected chi connectivity index (χ2v) is 6.56. The molecule has 0 aliphatic carbocycles. The van der Waals surface area contributed by atoms with E-state index in [2.05, 4.69) is 10.5 Å². The molecule has 0 fully saturated rings. The number of nitrogens with one attached hydrogen (secondary N) is 1. The molecule has 1 N–H and O–H groups in total. The van der Waals surface area contributed by atoms with E-state index in [0.717, 1.165) is 10.5 Å². The first kappa shape index (κ1) is 15.4. The zero-order valence-electron chi connectivity index (χ0n) is 12.4. The topological polar surface area (TPSA) is 58.5 Å². The number of carbonyl (C=O) groups excluding carboxylic acids is 1. The zero-order chi connectivity index (χ0) is 16.1. The fourth-order valence-corrected chi connectivity index (χ4v) is 3.40. The third-order valence-electron chi connectivity index (χ3n) is 3.51. The lowest BCUT2D eigenvalue weighted by atomic mass is 10.1. The van der Waals surface area contributed by atoms with E-state index in [1.165, 1.54) is 0 Å². The Morgan fingerprint density at radius 3 is 2.35 bits per heavy atom. The lowest BCUT2D eigenvalue weighted by molar-refractivity contribution is -0.116. The van der Waals surface area contributed by atoms with Crippen LogP contribution in [0.5, 0.6) is 0 Å². The molecular weight excluding hydrogens is 308 g/mol. The van der Waals surface area contributed by atoms with Crippen molar-refractivity contribution in [1.29, 1.82) is 0 Å². The average molecular weight is 324 g/mol. The molecule has 0 bridgehead atoms. The third-order valence-corrected chi connectivity index (χ3v) is 4.84. The van der Waals surface area contributed by atoms with Gasteiger partial charge in [0, 0.05) is 4.90 Å². The van der Waals surface area contributed by atoms with Gasteiger partial charge >= 0.3 is 0 Å². The lowest BCUT2D eigenvalue weighted by Gasteiger charge is -2.03. The summed E-state index contributed by atoms with van der Waals surface area (Å²) in [6.07, 6.45) is 2.49. The number of allylic oxidation sites excluding steroid dienone is 1. The molecule has 0 radical (unpaired) electrons. The van der Waals surface area contributed by atoms with Crippen LogP contribution in [0.15, 0.2) is 82.3 Å². The van der Waals surface area contributed by atoms with Crippen molar-refractivity contribution in [3.8, 4) is 0 Å². The number of hydrogen-bond donors (Lipinski definition) is 1. The summed E-state index contributed by atoms with van der Waals surface area (Å²) in [5, 5.41) is 4.03. The number of rotatable bonds is 5. The molecule has 0 spiro atoms. The van der Waals surface area contributed by atoms with Crippen LogP contribution < -0.4 is 5.43 Å². The molecule has 1 heterocycles. The van der Waals surface area contributed by atoms with Crippen LogP contribution in [0.1, 0.15) is 5.56 Å². The van der Waals surface area contributed by atoms with Crippen molar-refractivity contribution in [3.63, 3.8) is 0 Å². The maximum absolute atomic E-state index is 12.4. The Bertz CT molecular complexity index is 783. The summed E-state index contributed by atoms with van der Waals surface area (Å²) in [4.78, 5) is 12.7. The van der Waals surface area contributed by atoms with Crippen molar-refractivity contribution in [2.24, 2.45) is 5.10 Å². The Balaban J connectivity index is 1.73. The summed E-state index contributed by atoms with van der Waals surface area (Å²) >= 11 is 0. The maximum Gasteiger partial charge on any atom is 0.273 e. The van der Waals surface area contributed by atoms with Gasteiger partial charge < -0.3 is 0 Å². The summed E-state index contributed by atoms with van der Waals surface area (Å²) in [7, 11) is -1.22. The standard InChI is InChI=1S/C18H16N2O2S/c21-18-16(12-11-14-7-3-1-4-8-14)17(19-20-18)13-23(22)15-9-5-2-6-10-15/h1-10,12H,11,13H2,(H,20,21)/b16-12+. The predicted octanol–water partition coefficient (Wildman–Crippen LogP) is 2.45. The Kier molecular flexibility index (Phi) is 4.78. The van der Waals surface area contributed by atoms with Crippen molar-refractivity contribution < 1.29 is 9.00 Å². The fourth-order valence-electron chi connectivity index (χ4n) is 2.30. The highest BCUT2D eigenvalue weighted by atomic mass is 32.2. The number of carbonyl (C=O) groups is 1. The minimum absolute atomic E-state index is 0.226. The van der Waals surface area contributed by atoms with Crippen molar-refractivity contribution in [3.05, 3.63) is 77.9 Å². The van der Waals surface area contributed by atoms with Gasteiger partial charge in [0.15, 0.2) is 0 Å². The van der Waals surface area contributed by atoms with Crippen LogP contribution in [0.4, 0.5) is 0 Å². The first-order valence-corrected chi connectivity index (χ1v) is 8.61. The van der Waals surface area contributed by atoms with Gasteiger partial charge in [-0.3, -0.25) is 9.00 Å². The third kappa shape index (κ3) is 3.81.